The molecule has 0 radical (unpaired) electrons. The summed E-state index contributed by atoms with van der Waals surface area (Å²) in [5, 5.41) is 15.0. The number of hydrogen-bond acceptors (Lipinski definition) is 4. The van der Waals surface area contributed by atoms with Gasteiger partial charge < -0.3 is 15.2 Å². The molecule has 2 aromatic rings. The molecule has 0 spiro atoms. The maximum absolute atomic E-state index is 11.9. The van der Waals surface area contributed by atoms with Gasteiger partial charge in [-0.2, -0.15) is 0 Å². The number of aliphatic hydroxyl groups is 1. The minimum Gasteiger partial charge on any atom is -0.497 e. The Bertz CT molecular complexity index is 576. The van der Waals surface area contributed by atoms with Gasteiger partial charge in [0.2, 0.25) is 5.91 Å². The molecule has 1 aromatic carbocycles. The van der Waals surface area contributed by atoms with Gasteiger partial charge in [0.05, 0.1) is 20.1 Å². The lowest BCUT2D eigenvalue weighted by Gasteiger charge is -2.22. The SMILES string of the molecule is COc1ccc(CC(=O)NCC(C)(O)c2cccs2)cc1. The van der Waals surface area contributed by atoms with Crippen molar-refractivity contribution in [1.82, 2.24) is 5.32 Å². The third-order valence-electron chi connectivity index (χ3n) is 3.21. The molecule has 0 aliphatic rings. The van der Waals surface area contributed by atoms with E-state index in [0.717, 1.165) is 16.2 Å². The zero-order valence-corrected chi connectivity index (χ0v) is 12.9. The lowest BCUT2D eigenvalue weighted by Crippen LogP contribution is -2.38. The second-order valence-electron chi connectivity index (χ2n) is 5.05. The molecule has 0 fully saturated rings. The van der Waals surface area contributed by atoms with Crippen LogP contribution in [-0.2, 0) is 16.8 Å². The molecule has 1 amide bonds. The summed E-state index contributed by atoms with van der Waals surface area (Å²) < 4.78 is 5.08. The molecular formula is C16H19NO3S. The van der Waals surface area contributed by atoms with Crippen molar-refractivity contribution in [2.24, 2.45) is 0 Å². The zero-order chi connectivity index (χ0) is 15.3. The fourth-order valence-electron chi connectivity index (χ4n) is 1.93. The summed E-state index contributed by atoms with van der Waals surface area (Å²) in [6.45, 7) is 1.90. The van der Waals surface area contributed by atoms with E-state index in [1.54, 1.807) is 14.0 Å². The summed E-state index contributed by atoms with van der Waals surface area (Å²) in [5.74, 6) is 0.650. The summed E-state index contributed by atoms with van der Waals surface area (Å²) in [6, 6.07) is 11.1. The Kier molecular flexibility index (Phi) is 4.98. The van der Waals surface area contributed by atoms with Crippen LogP contribution in [0.25, 0.3) is 0 Å². The van der Waals surface area contributed by atoms with Crippen molar-refractivity contribution < 1.29 is 14.6 Å². The zero-order valence-electron chi connectivity index (χ0n) is 12.1. The van der Waals surface area contributed by atoms with Crippen LogP contribution < -0.4 is 10.1 Å². The van der Waals surface area contributed by atoms with Gasteiger partial charge in [-0.15, -0.1) is 11.3 Å². The number of ether oxygens (including phenoxy) is 1. The molecule has 1 atom stereocenters. The Morgan fingerprint density at radius 3 is 2.62 bits per heavy atom. The first-order valence-corrected chi connectivity index (χ1v) is 7.55. The van der Waals surface area contributed by atoms with Gasteiger partial charge in [-0.05, 0) is 36.1 Å². The van der Waals surface area contributed by atoms with Crippen molar-refractivity contribution in [2.75, 3.05) is 13.7 Å². The fraction of sp³-hybridized carbons (Fsp3) is 0.312. The molecule has 21 heavy (non-hydrogen) atoms. The molecule has 2 rings (SSSR count). The van der Waals surface area contributed by atoms with Crippen molar-refractivity contribution in [3.8, 4) is 5.75 Å². The third-order valence-corrected chi connectivity index (χ3v) is 4.33. The number of methoxy groups -OCH3 is 1. The molecule has 1 unspecified atom stereocenters. The number of carbonyl (C=O) groups excluding carboxylic acids is 1. The summed E-state index contributed by atoms with van der Waals surface area (Å²) in [6.07, 6.45) is 0.282. The molecule has 112 valence electrons. The van der Waals surface area contributed by atoms with Crippen molar-refractivity contribution in [2.45, 2.75) is 18.9 Å². The lowest BCUT2D eigenvalue weighted by molar-refractivity contribution is -0.121. The summed E-state index contributed by atoms with van der Waals surface area (Å²) in [7, 11) is 1.61. The Balaban J connectivity index is 1.87. The maximum Gasteiger partial charge on any atom is 0.224 e. The van der Waals surface area contributed by atoms with Crippen LogP contribution in [0.4, 0.5) is 0 Å². The van der Waals surface area contributed by atoms with E-state index in [-0.39, 0.29) is 18.9 Å². The first kappa shape index (κ1) is 15.5. The van der Waals surface area contributed by atoms with Crippen molar-refractivity contribution in [3.05, 3.63) is 52.2 Å². The second-order valence-corrected chi connectivity index (χ2v) is 6.00. The smallest absolute Gasteiger partial charge is 0.224 e. The number of benzene rings is 1. The number of nitrogens with one attached hydrogen (secondary N) is 1. The summed E-state index contributed by atoms with van der Waals surface area (Å²) in [4.78, 5) is 12.8. The first-order chi connectivity index (χ1) is 10.0. The largest absolute Gasteiger partial charge is 0.497 e. The van der Waals surface area contributed by atoms with Crippen molar-refractivity contribution >= 4 is 17.2 Å². The van der Waals surface area contributed by atoms with E-state index >= 15 is 0 Å². The quantitative estimate of drug-likeness (QED) is 0.861. The van der Waals surface area contributed by atoms with Crippen molar-refractivity contribution in [1.29, 1.82) is 0 Å². The molecule has 2 N–H and O–H groups in total. The minimum absolute atomic E-state index is 0.114. The first-order valence-electron chi connectivity index (χ1n) is 6.67. The monoisotopic (exact) mass is 305 g/mol. The molecule has 4 nitrogen and oxygen atoms in total. The molecule has 5 heteroatoms. The van der Waals surface area contributed by atoms with E-state index < -0.39 is 5.60 Å². The van der Waals surface area contributed by atoms with Crippen molar-refractivity contribution in [3.63, 3.8) is 0 Å². The number of amides is 1. The standard InChI is InChI=1S/C16H19NO3S/c1-16(19,14-4-3-9-21-14)11-17-15(18)10-12-5-7-13(20-2)8-6-12/h3-9,19H,10-11H2,1-2H3,(H,17,18). The minimum atomic E-state index is -1.04. The van der Waals surface area contributed by atoms with E-state index in [2.05, 4.69) is 5.32 Å². The van der Waals surface area contributed by atoms with Crippen LogP contribution in [0.2, 0.25) is 0 Å². The van der Waals surface area contributed by atoms with Gasteiger partial charge in [-0.25, -0.2) is 0 Å². The van der Waals surface area contributed by atoms with Gasteiger partial charge >= 0.3 is 0 Å². The van der Waals surface area contributed by atoms with Gasteiger partial charge in [-0.1, -0.05) is 18.2 Å². The van der Waals surface area contributed by atoms with Crippen LogP contribution >= 0.6 is 11.3 Å². The van der Waals surface area contributed by atoms with Gasteiger partial charge in [0.1, 0.15) is 11.4 Å². The number of hydrogen-bond donors (Lipinski definition) is 2. The normalized spacial score (nSPS) is 13.5. The lowest BCUT2D eigenvalue weighted by atomic mass is 10.0. The molecular weight excluding hydrogens is 286 g/mol. The number of thiophene rings is 1. The van der Waals surface area contributed by atoms with Gasteiger partial charge in [0, 0.05) is 4.88 Å². The topological polar surface area (TPSA) is 58.6 Å². The molecule has 0 aliphatic heterocycles. The highest BCUT2D eigenvalue weighted by Gasteiger charge is 2.24. The maximum atomic E-state index is 11.9. The highest BCUT2D eigenvalue weighted by molar-refractivity contribution is 7.10. The molecule has 1 heterocycles. The highest BCUT2D eigenvalue weighted by atomic mass is 32.1. The predicted molar refractivity (Wildman–Crippen MR) is 83.6 cm³/mol. The average molecular weight is 305 g/mol. The number of carbonyl (C=O) groups is 1. The van der Waals surface area contributed by atoms with E-state index in [1.165, 1.54) is 11.3 Å². The van der Waals surface area contributed by atoms with Crippen LogP contribution in [0.1, 0.15) is 17.4 Å². The fourth-order valence-corrected chi connectivity index (χ4v) is 2.72. The summed E-state index contributed by atoms with van der Waals surface area (Å²) in [5.41, 5.74) is -0.131. The van der Waals surface area contributed by atoms with Gasteiger partial charge in [0.15, 0.2) is 0 Å². The van der Waals surface area contributed by atoms with Crippen LogP contribution in [-0.4, -0.2) is 24.7 Å². The Morgan fingerprint density at radius 2 is 2.05 bits per heavy atom. The Hall–Kier alpha value is -1.85. The van der Waals surface area contributed by atoms with E-state index in [4.69, 9.17) is 4.74 Å². The van der Waals surface area contributed by atoms with Crippen LogP contribution in [0.5, 0.6) is 5.75 Å². The van der Waals surface area contributed by atoms with E-state index in [1.807, 2.05) is 41.8 Å². The van der Waals surface area contributed by atoms with Crippen LogP contribution in [0, 0.1) is 0 Å². The van der Waals surface area contributed by atoms with Crippen LogP contribution in [0.3, 0.4) is 0 Å². The Labute approximate surface area is 128 Å². The van der Waals surface area contributed by atoms with Crippen LogP contribution in [0.15, 0.2) is 41.8 Å². The molecule has 0 saturated carbocycles. The third kappa shape index (κ3) is 4.31. The number of rotatable bonds is 6. The Morgan fingerprint density at radius 1 is 1.33 bits per heavy atom. The molecule has 0 saturated heterocycles. The second kappa shape index (κ2) is 6.74. The summed E-state index contributed by atoms with van der Waals surface area (Å²) >= 11 is 1.47. The molecule has 0 aliphatic carbocycles. The highest BCUT2D eigenvalue weighted by Crippen LogP contribution is 2.24. The van der Waals surface area contributed by atoms with Gasteiger partial charge in [-0.3, -0.25) is 4.79 Å². The van der Waals surface area contributed by atoms with Gasteiger partial charge in [0.25, 0.3) is 0 Å². The van der Waals surface area contributed by atoms with E-state index in [0.29, 0.717) is 0 Å². The molecule has 0 bridgehead atoms. The average Bonchev–Trinajstić information content (AvgIpc) is 3.01. The molecule has 1 aromatic heterocycles. The van der Waals surface area contributed by atoms with E-state index in [9.17, 15) is 9.90 Å². The predicted octanol–water partition coefficient (Wildman–Crippen LogP) is 2.32.